The summed E-state index contributed by atoms with van der Waals surface area (Å²) >= 11 is 3.32. The van der Waals surface area contributed by atoms with Crippen molar-refractivity contribution in [3.63, 3.8) is 0 Å². The molecule has 1 aromatic heterocycles. The van der Waals surface area contributed by atoms with Gasteiger partial charge >= 0.3 is 5.97 Å². The molecule has 27 heavy (non-hydrogen) atoms. The van der Waals surface area contributed by atoms with Crippen LogP contribution in [0.4, 0.5) is 5.00 Å². The molecular formula is C21H25NO3S2. The van der Waals surface area contributed by atoms with Crippen LogP contribution in [0.15, 0.2) is 29.2 Å². The van der Waals surface area contributed by atoms with Crippen LogP contribution in [0.25, 0.3) is 0 Å². The topological polar surface area (TPSA) is 55.4 Å². The van der Waals surface area contributed by atoms with E-state index < -0.39 is 0 Å². The van der Waals surface area contributed by atoms with Crippen LogP contribution >= 0.6 is 23.1 Å². The van der Waals surface area contributed by atoms with E-state index in [1.165, 1.54) is 21.1 Å². The Bertz CT molecular complexity index is 825. The fraction of sp³-hybridized carbons (Fsp3) is 0.429. The first kappa shape index (κ1) is 20.0. The molecule has 1 aliphatic rings. The van der Waals surface area contributed by atoms with Gasteiger partial charge < -0.3 is 10.1 Å². The third kappa shape index (κ3) is 4.93. The zero-order chi connectivity index (χ0) is 19.4. The monoisotopic (exact) mass is 403 g/mol. The quantitative estimate of drug-likeness (QED) is 0.516. The predicted octanol–water partition coefficient (Wildman–Crippen LogP) is 5.10. The Kier molecular flexibility index (Phi) is 6.60. The van der Waals surface area contributed by atoms with Gasteiger partial charge in [0.1, 0.15) is 5.00 Å². The number of thioether (sulfide) groups is 1. The second kappa shape index (κ2) is 8.93. The molecule has 1 aliphatic carbocycles. The minimum absolute atomic E-state index is 0.107. The lowest BCUT2D eigenvalue weighted by Crippen LogP contribution is -2.16. The second-order valence-corrected chi connectivity index (χ2v) is 9.57. The number of hydrogen-bond donors (Lipinski definition) is 1. The van der Waals surface area contributed by atoms with E-state index in [0.717, 1.165) is 30.4 Å². The van der Waals surface area contributed by atoms with Crippen LogP contribution in [-0.2, 0) is 28.8 Å². The number of ether oxygens (including phenoxy) is 1. The van der Waals surface area contributed by atoms with E-state index in [0.29, 0.717) is 22.4 Å². The Morgan fingerprint density at radius 1 is 1.22 bits per heavy atom. The van der Waals surface area contributed by atoms with Crippen LogP contribution in [0, 0.1) is 0 Å². The largest absolute Gasteiger partial charge is 0.462 e. The molecule has 6 heteroatoms. The van der Waals surface area contributed by atoms with Crippen molar-refractivity contribution in [2.45, 2.75) is 56.6 Å². The van der Waals surface area contributed by atoms with Crippen LogP contribution in [0.3, 0.4) is 0 Å². The highest BCUT2D eigenvalue weighted by Crippen LogP contribution is 2.39. The summed E-state index contributed by atoms with van der Waals surface area (Å²) in [6.07, 6.45) is 3.20. The zero-order valence-electron chi connectivity index (χ0n) is 16.0. The van der Waals surface area contributed by atoms with E-state index >= 15 is 0 Å². The number of carbonyl (C=O) groups excluding carboxylic acids is 2. The average molecular weight is 404 g/mol. The second-order valence-electron chi connectivity index (χ2n) is 6.82. The minimum atomic E-state index is -0.331. The molecule has 4 nitrogen and oxygen atoms in total. The molecule has 0 saturated heterocycles. The number of thiophene rings is 1. The number of benzene rings is 1. The van der Waals surface area contributed by atoms with Gasteiger partial charge in [0.25, 0.3) is 0 Å². The third-order valence-corrected chi connectivity index (χ3v) is 6.54. The summed E-state index contributed by atoms with van der Waals surface area (Å²) in [5.41, 5.74) is 2.58. The summed E-state index contributed by atoms with van der Waals surface area (Å²) in [5.74, 6) is -0.438. The maximum atomic E-state index is 12.5. The summed E-state index contributed by atoms with van der Waals surface area (Å²) in [6, 6.07) is 8.09. The molecule has 0 aliphatic heterocycles. The first-order chi connectivity index (χ1) is 13.0. The SMILES string of the molecule is CCOC(=O)c1c(NC(=O)Cc2ccc(SC(C)C)cc2)sc2c1CCC2. The summed E-state index contributed by atoms with van der Waals surface area (Å²) in [6.45, 7) is 6.44. The summed E-state index contributed by atoms with van der Waals surface area (Å²) < 4.78 is 5.21. The van der Waals surface area contributed by atoms with Gasteiger partial charge in [-0.2, -0.15) is 0 Å². The summed E-state index contributed by atoms with van der Waals surface area (Å²) in [4.78, 5) is 27.3. The lowest BCUT2D eigenvalue weighted by atomic mass is 10.1. The van der Waals surface area contributed by atoms with Crippen LogP contribution < -0.4 is 5.32 Å². The highest BCUT2D eigenvalue weighted by atomic mass is 32.2. The number of fused-ring (bicyclic) bond motifs is 1. The van der Waals surface area contributed by atoms with Crippen molar-refractivity contribution in [1.29, 1.82) is 0 Å². The van der Waals surface area contributed by atoms with Gasteiger partial charge in [0.05, 0.1) is 18.6 Å². The van der Waals surface area contributed by atoms with Crippen molar-refractivity contribution >= 4 is 40.0 Å². The Morgan fingerprint density at radius 2 is 1.96 bits per heavy atom. The molecule has 1 amide bonds. The molecular weight excluding hydrogens is 378 g/mol. The fourth-order valence-corrected chi connectivity index (χ4v) is 5.36. The lowest BCUT2D eigenvalue weighted by Gasteiger charge is -2.09. The molecule has 1 heterocycles. The van der Waals surface area contributed by atoms with Crippen molar-refractivity contribution in [3.05, 3.63) is 45.8 Å². The maximum absolute atomic E-state index is 12.5. The zero-order valence-corrected chi connectivity index (χ0v) is 17.6. The first-order valence-corrected chi connectivity index (χ1v) is 11.0. The maximum Gasteiger partial charge on any atom is 0.341 e. The molecule has 3 rings (SSSR count). The van der Waals surface area contributed by atoms with E-state index in [2.05, 4.69) is 31.3 Å². The van der Waals surface area contributed by atoms with Crippen LogP contribution in [-0.4, -0.2) is 23.7 Å². The molecule has 1 N–H and O–H groups in total. The van der Waals surface area contributed by atoms with Gasteiger partial charge in [0, 0.05) is 15.0 Å². The van der Waals surface area contributed by atoms with Crippen molar-refractivity contribution in [2.75, 3.05) is 11.9 Å². The predicted molar refractivity (Wildman–Crippen MR) is 112 cm³/mol. The number of amides is 1. The third-order valence-electron chi connectivity index (χ3n) is 4.31. The van der Waals surface area contributed by atoms with E-state index in [4.69, 9.17) is 4.74 Å². The molecule has 0 fully saturated rings. The van der Waals surface area contributed by atoms with Gasteiger partial charge in [-0.1, -0.05) is 26.0 Å². The number of aryl methyl sites for hydroxylation is 1. The number of hydrogen-bond acceptors (Lipinski definition) is 5. The van der Waals surface area contributed by atoms with Crippen molar-refractivity contribution in [3.8, 4) is 0 Å². The minimum Gasteiger partial charge on any atom is -0.462 e. The molecule has 0 bridgehead atoms. The molecule has 0 radical (unpaired) electrons. The highest BCUT2D eigenvalue weighted by molar-refractivity contribution is 7.99. The lowest BCUT2D eigenvalue weighted by molar-refractivity contribution is -0.115. The number of carbonyl (C=O) groups is 2. The van der Waals surface area contributed by atoms with Gasteiger partial charge in [0.2, 0.25) is 5.91 Å². The van der Waals surface area contributed by atoms with Crippen molar-refractivity contribution in [1.82, 2.24) is 0 Å². The van der Waals surface area contributed by atoms with Gasteiger partial charge in [-0.05, 0) is 49.4 Å². The van der Waals surface area contributed by atoms with Crippen LogP contribution in [0.1, 0.15) is 53.6 Å². The number of nitrogens with one attached hydrogen (secondary N) is 1. The summed E-state index contributed by atoms with van der Waals surface area (Å²) in [5, 5.41) is 4.11. The molecule has 0 saturated carbocycles. The normalized spacial score (nSPS) is 12.9. The summed E-state index contributed by atoms with van der Waals surface area (Å²) in [7, 11) is 0. The standard InChI is InChI=1S/C21H25NO3S2/c1-4-25-21(24)19-16-6-5-7-17(16)27-20(19)22-18(23)12-14-8-10-15(11-9-14)26-13(2)3/h8-11,13H,4-7,12H2,1-3H3,(H,22,23). The Hall–Kier alpha value is -1.79. The molecule has 2 aromatic rings. The van der Waals surface area contributed by atoms with Gasteiger partial charge in [0.15, 0.2) is 0 Å². The van der Waals surface area contributed by atoms with Crippen LogP contribution in [0.5, 0.6) is 0 Å². The number of esters is 1. The molecule has 144 valence electrons. The van der Waals surface area contributed by atoms with E-state index in [1.54, 1.807) is 18.7 Å². The van der Waals surface area contributed by atoms with Gasteiger partial charge in [-0.3, -0.25) is 4.79 Å². The van der Waals surface area contributed by atoms with Gasteiger partial charge in [-0.25, -0.2) is 4.79 Å². The average Bonchev–Trinajstić information content (AvgIpc) is 3.16. The van der Waals surface area contributed by atoms with E-state index in [9.17, 15) is 9.59 Å². The van der Waals surface area contributed by atoms with Crippen molar-refractivity contribution in [2.24, 2.45) is 0 Å². The highest BCUT2D eigenvalue weighted by Gasteiger charge is 2.28. The van der Waals surface area contributed by atoms with Gasteiger partial charge in [-0.15, -0.1) is 23.1 Å². The molecule has 1 aromatic carbocycles. The van der Waals surface area contributed by atoms with E-state index in [-0.39, 0.29) is 18.3 Å². The molecule has 0 unspecified atom stereocenters. The van der Waals surface area contributed by atoms with E-state index in [1.807, 2.05) is 12.1 Å². The van der Waals surface area contributed by atoms with Crippen LogP contribution in [0.2, 0.25) is 0 Å². The molecule has 0 spiro atoms. The molecule has 0 atom stereocenters. The van der Waals surface area contributed by atoms with Crippen molar-refractivity contribution < 1.29 is 14.3 Å². The number of anilines is 1. The Morgan fingerprint density at radius 3 is 2.63 bits per heavy atom. The fourth-order valence-electron chi connectivity index (χ4n) is 3.23. The smallest absolute Gasteiger partial charge is 0.341 e. The first-order valence-electron chi connectivity index (χ1n) is 9.35. The Balaban J connectivity index is 1.70. The number of rotatable bonds is 7. The Labute approximate surface area is 168 Å².